The topological polar surface area (TPSA) is 47.4 Å². The van der Waals surface area contributed by atoms with E-state index in [1.54, 1.807) is 18.8 Å². The highest BCUT2D eigenvalue weighted by Crippen LogP contribution is 2.28. The van der Waals surface area contributed by atoms with Gasteiger partial charge in [0.05, 0.1) is 12.8 Å². The summed E-state index contributed by atoms with van der Waals surface area (Å²) >= 11 is 0. The van der Waals surface area contributed by atoms with Gasteiger partial charge in [-0.15, -0.1) is 0 Å². The van der Waals surface area contributed by atoms with Crippen molar-refractivity contribution >= 4 is 5.91 Å². The van der Waals surface area contributed by atoms with Crippen molar-refractivity contribution in [1.29, 1.82) is 0 Å². The molecule has 1 aliphatic heterocycles. The summed E-state index contributed by atoms with van der Waals surface area (Å²) in [5, 5.41) is 4.55. The van der Waals surface area contributed by atoms with Gasteiger partial charge in [0.25, 0.3) is 5.91 Å². The van der Waals surface area contributed by atoms with E-state index < -0.39 is 0 Å². The van der Waals surface area contributed by atoms with Crippen molar-refractivity contribution in [2.45, 2.75) is 25.2 Å². The largest absolute Gasteiger partial charge is 0.497 e. The Balaban J connectivity index is 1.57. The molecule has 1 saturated heterocycles. The van der Waals surface area contributed by atoms with Gasteiger partial charge in [-0.1, -0.05) is 30.7 Å². The van der Waals surface area contributed by atoms with Crippen LogP contribution in [-0.4, -0.2) is 40.8 Å². The monoisotopic (exact) mass is 407 g/mol. The number of aromatic nitrogens is 2. The maximum atomic E-state index is 13.4. The predicted molar refractivity (Wildman–Crippen MR) is 114 cm³/mol. The minimum absolute atomic E-state index is 0.0202. The van der Waals surface area contributed by atoms with Crippen molar-refractivity contribution < 1.29 is 13.9 Å². The van der Waals surface area contributed by atoms with Crippen LogP contribution in [0.3, 0.4) is 0 Å². The third-order valence-electron chi connectivity index (χ3n) is 5.76. The van der Waals surface area contributed by atoms with Gasteiger partial charge in [0, 0.05) is 31.6 Å². The lowest BCUT2D eigenvalue weighted by Gasteiger charge is -2.24. The minimum atomic E-state index is -0.236. The molecule has 0 bridgehead atoms. The van der Waals surface area contributed by atoms with Crippen LogP contribution in [0.2, 0.25) is 0 Å². The standard InChI is InChI=1S/C24H26FN3O2/c1-27-23(15-22(26-27)18-7-5-8-21(14-18)30-2)24(29)28-13-4-3-6-19(16-28)17-9-11-20(25)12-10-17/h5,7-12,14-15,19H,3-4,6,13,16H2,1-2H3. The quantitative estimate of drug-likeness (QED) is 0.633. The number of hydrogen-bond donors (Lipinski definition) is 0. The van der Waals surface area contributed by atoms with Gasteiger partial charge in [-0.25, -0.2) is 4.39 Å². The molecule has 156 valence electrons. The second-order valence-corrected chi connectivity index (χ2v) is 7.77. The van der Waals surface area contributed by atoms with Crippen LogP contribution in [0.1, 0.15) is 41.2 Å². The fraction of sp³-hybridized carbons (Fsp3) is 0.333. The van der Waals surface area contributed by atoms with Crippen molar-refractivity contribution in [3.63, 3.8) is 0 Å². The molecule has 1 aliphatic rings. The molecule has 2 aromatic carbocycles. The van der Waals surface area contributed by atoms with Gasteiger partial charge in [0.2, 0.25) is 0 Å². The van der Waals surface area contributed by atoms with E-state index in [1.807, 2.05) is 47.4 Å². The zero-order chi connectivity index (χ0) is 21.1. The van der Waals surface area contributed by atoms with Crippen LogP contribution in [0.25, 0.3) is 11.3 Å². The number of nitrogens with zero attached hydrogens (tertiary/aromatic N) is 3. The third-order valence-corrected chi connectivity index (χ3v) is 5.76. The average Bonchev–Trinajstić information content (AvgIpc) is 2.99. The van der Waals surface area contributed by atoms with Gasteiger partial charge in [0.1, 0.15) is 17.3 Å². The lowest BCUT2D eigenvalue weighted by atomic mass is 9.94. The van der Waals surface area contributed by atoms with Crippen LogP contribution in [0.5, 0.6) is 5.75 Å². The van der Waals surface area contributed by atoms with E-state index in [-0.39, 0.29) is 17.6 Å². The normalized spacial score (nSPS) is 16.9. The van der Waals surface area contributed by atoms with Gasteiger partial charge in [-0.05, 0) is 48.7 Å². The molecule has 5 nitrogen and oxygen atoms in total. The Labute approximate surface area is 176 Å². The van der Waals surface area contributed by atoms with E-state index in [0.29, 0.717) is 12.2 Å². The van der Waals surface area contributed by atoms with E-state index >= 15 is 0 Å². The number of methoxy groups -OCH3 is 1. The number of benzene rings is 2. The lowest BCUT2D eigenvalue weighted by Crippen LogP contribution is -2.35. The molecular weight excluding hydrogens is 381 g/mol. The van der Waals surface area contributed by atoms with Crippen LogP contribution in [0.15, 0.2) is 54.6 Å². The molecule has 30 heavy (non-hydrogen) atoms. The molecule has 2 heterocycles. The van der Waals surface area contributed by atoms with Gasteiger partial charge in [-0.3, -0.25) is 9.48 Å². The van der Waals surface area contributed by atoms with E-state index in [1.165, 1.54) is 12.1 Å². The first kappa shape index (κ1) is 20.1. The van der Waals surface area contributed by atoms with Crippen LogP contribution < -0.4 is 4.74 Å². The zero-order valence-corrected chi connectivity index (χ0v) is 17.3. The fourth-order valence-corrected chi connectivity index (χ4v) is 4.09. The Morgan fingerprint density at radius 1 is 1.13 bits per heavy atom. The minimum Gasteiger partial charge on any atom is -0.497 e. The fourth-order valence-electron chi connectivity index (χ4n) is 4.09. The molecule has 0 saturated carbocycles. The zero-order valence-electron chi connectivity index (χ0n) is 17.3. The predicted octanol–water partition coefficient (Wildman–Crippen LogP) is 4.64. The van der Waals surface area contributed by atoms with Gasteiger partial charge in [-0.2, -0.15) is 5.10 Å². The Morgan fingerprint density at radius 3 is 2.70 bits per heavy atom. The summed E-state index contributed by atoms with van der Waals surface area (Å²) in [6.45, 7) is 1.35. The van der Waals surface area contributed by atoms with E-state index in [2.05, 4.69) is 5.10 Å². The summed E-state index contributed by atoms with van der Waals surface area (Å²) in [7, 11) is 3.43. The molecule has 0 aliphatic carbocycles. The average molecular weight is 407 g/mol. The Hall–Kier alpha value is -3.15. The highest BCUT2D eigenvalue weighted by molar-refractivity contribution is 5.93. The smallest absolute Gasteiger partial charge is 0.272 e. The number of rotatable bonds is 4. The van der Waals surface area contributed by atoms with Crippen molar-refractivity contribution in [2.24, 2.45) is 7.05 Å². The van der Waals surface area contributed by atoms with Crippen molar-refractivity contribution in [1.82, 2.24) is 14.7 Å². The van der Waals surface area contributed by atoms with E-state index in [0.717, 1.165) is 48.4 Å². The first-order valence-corrected chi connectivity index (χ1v) is 10.3. The number of amides is 1. The number of carbonyl (C=O) groups excluding carboxylic acids is 1. The van der Waals surface area contributed by atoms with Crippen molar-refractivity contribution in [2.75, 3.05) is 20.2 Å². The van der Waals surface area contributed by atoms with Crippen molar-refractivity contribution in [3.05, 3.63) is 71.7 Å². The van der Waals surface area contributed by atoms with E-state index in [4.69, 9.17) is 4.74 Å². The summed E-state index contributed by atoms with van der Waals surface area (Å²) in [5.41, 5.74) is 3.29. The molecule has 4 rings (SSSR count). The SMILES string of the molecule is COc1cccc(-c2cc(C(=O)N3CCCCC(c4ccc(F)cc4)C3)n(C)n2)c1. The molecule has 6 heteroatoms. The molecule has 3 aromatic rings. The van der Waals surface area contributed by atoms with Crippen LogP contribution in [-0.2, 0) is 7.05 Å². The molecule has 1 aromatic heterocycles. The molecule has 1 amide bonds. The molecule has 1 unspecified atom stereocenters. The molecule has 0 spiro atoms. The van der Waals surface area contributed by atoms with Crippen LogP contribution in [0.4, 0.5) is 4.39 Å². The van der Waals surface area contributed by atoms with E-state index in [9.17, 15) is 9.18 Å². The number of aryl methyl sites for hydroxylation is 1. The summed E-state index contributed by atoms with van der Waals surface area (Å²) in [5.74, 6) is 0.706. The summed E-state index contributed by atoms with van der Waals surface area (Å²) in [4.78, 5) is 15.3. The first-order valence-electron chi connectivity index (χ1n) is 10.3. The number of ether oxygens (including phenoxy) is 1. The highest BCUT2D eigenvalue weighted by Gasteiger charge is 2.26. The Morgan fingerprint density at radius 2 is 1.93 bits per heavy atom. The second-order valence-electron chi connectivity index (χ2n) is 7.77. The third kappa shape index (κ3) is 4.22. The lowest BCUT2D eigenvalue weighted by molar-refractivity contribution is 0.0743. The molecule has 1 atom stereocenters. The highest BCUT2D eigenvalue weighted by atomic mass is 19.1. The van der Waals surface area contributed by atoms with Crippen LogP contribution >= 0.6 is 0 Å². The Bertz CT molecular complexity index is 1030. The van der Waals surface area contributed by atoms with Gasteiger partial charge >= 0.3 is 0 Å². The van der Waals surface area contributed by atoms with Gasteiger partial charge < -0.3 is 9.64 Å². The van der Waals surface area contributed by atoms with Crippen molar-refractivity contribution in [3.8, 4) is 17.0 Å². The maximum Gasteiger partial charge on any atom is 0.272 e. The summed E-state index contributed by atoms with van der Waals surface area (Å²) < 4.78 is 20.3. The molecule has 0 N–H and O–H groups in total. The number of carbonyl (C=O) groups is 1. The number of likely N-dealkylation sites (tertiary alicyclic amines) is 1. The summed E-state index contributed by atoms with van der Waals surface area (Å²) in [6.07, 6.45) is 3.01. The first-order chi connectivity index (χ1) is 14.5. The molecular formula is C24H26FN3O2. The maximum absolute atomic E-state index is 13.4. The molecule has 1 fully saturated rings. The molecule has 0 radical (unpaired) electrons. The summed E-state index contributed by atoms with van der Waals surface area (Å²) in [6, 6.07) is 16.1. The number of halogens is 1. The van der Waals surface area contributed by atoms with Crippen LogP contribution in [0, 0.1) is 5.82 Å². The second kappa shape index (κ2) is 8.69. The Kier molecular flexibility index (Phi) is 5.84. The van der Waals surface area contributed by atoms with Gasteiger partial charge in [0.15, 0.2) is 0 Å². The number of hydrogen-bond acceptors (Lipinski definition) is 3.